The van der Waals surface area contributed by atoms with Gasteiger partial charge in [-0.2, -0.15) is 9.40 Å². The Labute approximate surface area is 153 Å². The van der Waals surface area contributed by atoms with Gasteiger partial charge in [-0.15, -0.1) is 0 Å². The molecule has 0 N–H and O–H groups in total. The Balaban J connectivity index is 2.21. The molecule has 0 atom stereocenters. The van der Waals surface area contributed by atoms with E-state index in [0.717, 1.165) is 12.0 Å². The van der Waals surface area contributed by atoms with Crippen LogP contribution in [0, 0.1) is 5.92 Å². The molecule has 1 aromatic heterocycles. The van der Waals surface area contributed by atoms with Gasteiger partial charge in [-0.05, 0) is 30.0 Å². The van der Waals surface area contributed by atoms with Gasteiger partial charge in [0.05, 0.1) is 17.1 Å². The highest BCUT2D eigenvalue weighted by molar-refractivity contribution is 7.89. The van der Waals surface area contributed by atoms with E-state index >= 15 is 0 Å². The molecule has 1 aromatic carbocycles. The highest BCUT2D eigenvalue weighted by Crippen LogP contribution is 2.27. The number of hydrogen-bond donors (Lipinski definition) is 0. The van der Waals surface area contributed by atoms with E-state index in [2.05, 4.69) is 18.9 Å². The van der Waals surface area contributed by atoms with Crippen LogP contribution in [0.4, 0.5) is 0 Å². The highest BCUT2D eigenvalue weighted by Gasteiger charge is 2.24. The molecular weight excluding hydrogens is 369 g/mol. The summed E-state index contributed by atoms with van der Waals surface area (Å²) in [5, 5.41) is 4.71. The van der Waals surface area contributed by atoms with Crippen LogP contribution in [0.15, 0.2) is 29.2 Å². The van der Waals surface area contributed by atoms with E-state index in [1.807, 2.05) is 12.1 Å². The molecule has 0 amide bonds. The number of sulfonamides is 1. The molecule has 1 heterocycles. The van der Waals surface area contributed by atoms with Crippen molar-refractivity contribution < 1.29 is 8.42 Å². The smallest absolute Gasteiger partial charge is 0.243 e. The fourth-order valence-corrected chi connectivity index (χ4v) is 3.87. The third kappa shape index (κ3) is 4.11. The Morgan fingerprint density at radius 2 is 1.79 bits per heavy atom. The number of hydrogen-bond acceptors (Lipinski definition) is 3. The summed E-state index contributed by atoms with van der Waals surface area (Å²) in [6.45, 7) is 4.30. The van der Waals surface area contributed by atoms with Crippen molar-refractivity contribution in [3.8, 4) is 0 Å². The minimum Gasteiger partial charge on any atom is -0.255 e. The Morgan fingerprint density at radius 3 is 2.25 bits per heavy atom. The molecule has 0 bridgehead atoms. The highest BCUT2D eigenvalue weighted by atomic mass is 35.5. The van der Waals surface area contributed by atoms with Crippen molar-refractivity contribution in [2.45, 2.75) is 31.7 Å². The molecule has 0 fully saturated rings. The molecule has 2 aromatic rings. The van der Waals surface area contributed by atoms with Crippen LogP contribution < -0.4 is 0 Å². The van der Waals surface area contributed by atoms with Gasteiger partial charge < -0.3 is 0 Å². The van der Waals surface area contributed by atoms with Crippen molar-refractivity contribution in [2.24, 2.45) is 13.0 Å². The van der Waals surface area contributed by atoms with Crippen molar-refractivity contribution in [2.75, 3.05) is 7.05 Å². The average molecular weight is 390 g/mol. The van der Waals surface area contributed by atoms with Gasteiger partial charge in [0.2, 0.25) is 10.0 Å². The van der Waals surface area contributed by atoms with E-state index in [0.29, 0.717) is 11.6 Å². The lowest BCUT2D eigenvalue weighted by molar-refractivity contribution is 0.460. The Bertz CT molecular complexity index is 815. The fourth-order valence-electron chi connectivity index (χ4n) is 2.38. The van der Waals surface area contributed by atoms with Crippen LogP contribution in [0.25, 0.3) is 0 Å². The van der Waals surface area contributed by atoms with Crippen LogP contribution >= 0.6 is 23.2 Å². The molecule has 5 nitrogen and oxygen atoms in total. The van der Waals surface area contributed by atoms with Crippen molar-refractivity contribution in [1.29, 1.82) is 0 Å². The molecule has 0 aliphatic rings. The zero-order valence-electron chi connectivity index (χ0n) is 14.1. The first-order valence-electron chi connectivity index (χ1n) is 7.55. The first-order valence-corrected chi connectivity index (χ1v) is 9.74. The second-order valence-corrected chi connectivity index (χ2v) is 8.96. The van der Waals surface area contributed by atoms with Gasteiger partial charge in [-0.25, -0.2) is 8.42 Å². The summed E-state index contributed by atoms with van der Waals surface area (Å²) in [5.41, 5.74) is 1.54. The molecule has 2 rings (SSSR count). The third-order valence-electron chi connectivity index (χ3n) is 3.64. The largest absolute Gasteiger partial charge is 0.255 e. The van der Waals surface area contributed by atoms with E-state index in [4.69, 9.17) is 23.2 Å². The second-order valence-electron chi connectivity index (χ2n) is 6.18. The van der Waals surface area contributed by atoms with Crippen LogP contribution in [0.3, 0.4) is 0 Å². The second kappa shape index (κ2) is 7.44. The zero-order chi connectivity index (χ0) is 18.1. The van der Waals surface area contributed by atoms with Crippen LogP contribution in [0.5, 0.6) is 0 Å². The van der Waals surface area contributed by atoms with E-state index in [1.165, 1.54) is 16.0 Å². The molecule has 0 radical (unpaired) electrons. The van der Waals surface area contributed by atoms with Gasteiger partial charge in [0.15, 0.2) is 0 Å². The monoisotopic (exact) mass is 389 g/mol. The molecule has 0 saturated carbocycles. The summed E-state index contributed by atoms with van der Waals surface area (Å²) < 4.78 is 28.0. The van der Waals surface area contributed by atoms with E-state index < -0.39 is 10.0 Å². The Kier molecular flexibility index (Phi) is 5.96. The molecule has 0 aliphatic heterocycles. The number of halogens is 2. The minimum absolute atomic E-state index is 0.0511. The van der Waals surface area contributed by atoms with Crippen molar-refractivity contribution >= 4 is 33.2 Å². The number of aromatic nitrogens is 2. The summed E-state index contributed by atoms with van der Waals surface area (Å²) in [5.74, 6) is 0.520. The lowest BCUT2D eigenvalue weighted by Gasteiger charge is -2.16. The van der Waals surface area contributed by atoms with Crippen LogP contribution in [-0.2, 0) is 30.0 Å². The van der Waals surface area contributed by atoms with Gasteiger partial charge in [-0.3, -0.25) is 4.68 Å². The maximum atomic E-state index is 12.7. The minimum atomic E-state index is -3.62. The van der Waals surface area contributed by atoms with E-state index in [-0.39, 0.29) is 21.6 Å². The third-order valence-corrected chi connectivity index (χ3v) is 6.38. The number of benzene rings is 1. The SMILES string of the molecule is CC(C)Cc1ccc(S(=O)(=O)N(C)Cc2nn(C)c(Cl)c2Cl)cc1. The van der Waals surface area contributed by atoms with Gasteiger partial charge >= 0.3 is 0 Å². The van der Waals surface area contributed by atoms with Gasteiger partial charge in [0, 0.05) is 14.1 Å². The first kappa shape index (κ1) is 19.2. The van der Waals surface area contributed by atoms with Gasteiger partial charge in [-0.1, -0.05) is 49.2 Å². The summed E-state index contributed by atoms with van der Waals surface area (Å²) in [6, 6.07) is 6.98. The predicted octanol–water partition coefficient (Wildman–Crippen LogP) is 3.75. The number of aryl methyl sites for hydroxylation is 1. The molecule has 0 spiro atoms. The lowest BCUT2D eigenvalue weighted by Crippen LogP contribution is -2.27. The Morgan fingerprint density at radius 1 is 1.21 bits per heavy atom. The van der Waals surface area contributed by atoms with Crippen molar-refractivity contribution in [3.63, 3.8) is 0 Å². The maximum Gasteiger partial charge on any atom is 0.243 e. The molecule has 24 heavy (non-hydrogen) atoms. The molecule has 0 saturated heterocycles. The molecule has 0 unspecified atom stereocenters. The van der Waals surface area contributed by atoms with Gasteiger partial charge in [0.1, 0.15) is 10.2 Å². The van der Waals surface area contributed by atoms with Crippen LogP contribution in [0.2, 0.25) is 10.2 Å². The molecule has 8 heteroatoms. The normalized spacial score (nSPS) is 12.3. The number of nitrogens with zero attached hydrogens (tertiary/aromatic N) is 3. The summed E-state index contributed by atoms with van der Waals surface area (Å²) >= 11 is 12.1. The quantitative estimate of drug-likeness (QED) is 0.755. The van der Waals surface area contributed by atoms with Crippen LogP contribution in [-0.4, -0.2) is 29.6 Å². The average Bonchev–Trinajstić information content (AvgIpc) is 2.74. The first-order chi connectivity index (χ1) is 11.1. The summed E-state index contributed by atoms with van der Waals surface area (Å²) in [4.78, 5) is 0.246. The fraction of sp³-hybridized carbons (Fsp3) is 0.438. The Hall–Kier alpha value is -1.08. The van der Waals surface area contributed by atoms with Crippen molar-refractivity contribution in [1.82, 2.24) is 14.1 Å². The zero-order valence-corrected chi connectivity index (χ0v) is 16.5. The van der Waals surface area contributed by atoms with Gasteiger partial charge in [0.25, 0.3) is 0 Å². The maximum absolute atomic E-state index is 12.7. The standard InChI is InChI=1S/C16H21Cl2N3O2S/c1-11(2)9-12-5-7-13(8-6-12)24(22,23)20(3)10-14-15(17)16(18)21(4)19-14/h5-8,11H,9-10H2,1-4H3. The molecular formula is C16H21Cl2N3O2S. The van der Waals surface area contributed by atoms with E-state index in [9.17, 15) is 8.42 Å². The summed E-state index contributed by atoms with van der Waals surface area (Å²) in [7, 11) is -0.472. The van der Waals surface area contributed by atoms with Crippen LogP contribution in [0.1, 0.15) is 25.1 Å². The number of rotatable bonds is 6. The summed E-state index contributed by atoms with van der Waals surface area (Å²) in [6.07, 6.45) is 0.915. The van der Waals surface area contributed by atoms with E-state index in [1.54, 1.807) is 19.2 Å². The predicted molar refractivity (Wildman–Crippen MR) is 96.9 cm³/mol. The molecule has 132 valence electrons. The lowest BCUT2D eigenvalue weighted by atomic mass is 10.0. The van der Waals surface area contributed by atoms with Crippen molar-refractivity contribution in [3.05, 3.63) is 45.7 Å². The topological polar surface area (TPSA) is 55.2 Å². The molecule has 0 aliphatic carbocycles.